The molecule has 1 aliphatic heterocycles. The summed E-state index contributed by atoms with van der Waals surface area (Å²) in [5.74, 6) is 9.84. The molecule has 0 unspecified atom stereocenters. The second-order valence-corrected chi connectivity index (χ2v) is 32.5. The molecule has 0 amide bonds. The first-order valence-corrected chi connectivity index (χ1v) is 39.8. The number of hydrogen-bond donors (Lipinski definition) is 1. The van der Waals surface area contributed by atoms with Crippen LogP contribution in [0.25, 0.3) is 0 Å². The summed E-state index contributed by atoms with van der Waals surface area (Å²) in [5, 5.41) is 9.52. The topological polar surface area (TPSA) is 55.8 Å². The zero-order valence-electron chi connectivity index (χ0n) is 70.2. The monoisotopic (exact) mass is 1440 g/mol. The predicted molar refractivity (Wildman–Crippen MR) is 461 cm³/mol. The highest BCUT2D eigenvalue weighted by molar-refractivity contribution is 6.30. The number of rotatable bonds is 12. The van der Waals surface area contributed by atoms with Gasteiger partial charge in [0.2, 0.25) is 6.79 Å². The summed E-state index contributed by atoms with van der Waals surface area (Å²) in [4.78, 5) is 10.6. The Morgan fingerprint density at radius 1 is 0.362 bits per heavy atom. The Morgan fingerprint density at radius 3 is 1.08 bits per heavy atom. The molecule has 1 heterocycles. The van der Waals surface area contributed by atoms with Crippen LogP contribution in [0.1, 0.15) is 300 Å². The molecule has 9 aromatic carbocycles. The molecule has 4 nitrogen and oxygen atoms in total. The minimum Gasteiger partial charge on any atom is -0.478 e. The summed E-state index contributed by atoms with van der Waals surface area (Å²) in [5.41, 5.74) is 19.3. The maximum Gasteiger partial charge on any atom is 0.335 e. The van der Waals surface area contributed by atoms with Crippen LogP contribution in [0.4, 0.5) is 0 Å². The molecule has 2 fully saturated rings. The molecule has 3 aliphatic rings. The van der Waals surface area contributed by atoms with Gasteiger partial charge in [-0.2, -0.15) is 0 Å². The van der Waals surface area contributed by atoms with Crippen molar-refractivity contribution >= 4 is 17.6 Å². The van der Waals surface area contributed by atoms with E-state index in [4.69, 9.17) is 26.2 Å². The molecule has 0 saturated heterocycles. The van der Waals surface area contributed by atoms with E-state index in [0.717, 1.165) is 51.7 Å². The minimum atomic E-state index is -0.863. The zero-order chi connectivity index (χ0) is 78.7. The normalized spacial score (nSPS) is 12.2. The van der Waals surface area contributed by atoms with Crippen molar-refractivity contribution in [2.45, 2.75) is 260 Å². The van der Waals surface area contributed by atoms with Crippen LogP contribution in [0, 0.1) is 71.1 Å². The number of ether oxygens (including phenoxy) is 2. The van der Waals surface area contributed by atoms with Crippen LogP contribution in [0.15, 0.2) is 218 Å². The van der Waals surface area contributed by atoms with Gasteiger partial charge in [-0.1, -0.05) is 379 Å². The summed E-state index contributed by atoms with van der Waals surface area (Å²) < 4.78 is 10.5. The standard InChI is InChI=1S/2C10H12O2.5C10H14.C9H11Cl.C8H10.C7H14.C6H12/c1-7(2)8-3-4-9-10(5-8)12-6-11-9;1-7(2)8-4-3-5-9(6-8)10(11)12;1-8(2)10-6-4-9(3)5-7-10;2*1-8(2)10-6-4-5-9(3)7-10;1-8(2)10-7-5-4-6-9(10)3;1-9(2)8-10-6-4-3-5-7-10;1-7(2)8-4-3-5-9(10)6-8;1-7-3-5-8(2)6-4-7;1-6(2)7-4-3-5-7;1-5(2)6-3-4-6/h3-5,7H,6H2,1-2H3;3-7H,1-2H3,(H,11,12);4*4-8H,1-3H3;3-7,9H,8H2,1-2H3;3-7H,1-2H3;3-6H,1-2H3;6-7H,3-5H2,1-2H3;5-6H,3-4H2,1-2H3. The van der Waals surface area contributed by atoms with Gasteiger partial charge < -0.3 is 14.6 Å². The fourth-order valence-corrected chi connectivity index (χ4v) is 11.2. The molecule has 2 aliphatic carbocycles. The summed E-state index contributed by atoms with van der Waals surface area (Å²) >= 11 is 5.79. The van der Waals surface area contributed by atoms with Crippen LogP contribution >= 0.6 is 11.6 Å². The molecular weight excluding hydrogens is 1300 g/mol. The number of fused-ring (bicyclic) bond motifs is 1. The molecule has 9 aromatic rings. The van der Waals surface area contributed by atoms with E-state index in [1.54, 1.807) is 18.2 Å². The smallest absolute Gasteiger partial charge is 0.335 e. The van der Waals surface area contributed by atoms with Crippen LogP contribution in [-0.4, -0.2) is 17.9 Å². The third-order valence-electron chi connectivity index (χ3n) is 18.7. The Hall–Kier alpha value is -7.66. The van der Waals surface area contributed by atoms with Gasteiger partial charge in [-0.15, -0.1) is 0 Å². The van der Waals surface area contributed by atoms with E-state index in [9.17, 15) is 4.79 Å². The van der Waals surface area contributed by atoms with E-state index in [1.165, 1.54) is 111 Å². The van der Waals surface area contributed by atoms with Crippen LogP contribution in [0.5, 0.6) is 11.5 Å². The highest BCUT2D eigenvalue weighted by Gasteiger charge is 2.24. The predicted octanol–water partition coefficient (Wildman–Crippen LogP) is 30.7. The van der Waals surface area contributed by atoms with Gasteiger partial charge in [0.05, 0.1) is 5.56 Å². The maximum absolute atomic E-state index is 10.6. The first-order valence-electron chi connectivity index (χ1n) is 39.4. The van der Waals surface area contributed by atoms with E-state index in [-0.39, 0.29) is 0 Å². The van der Waals surface area contributed by atoms with Gasteiger partial charge in [0.15, 0.2) is 11.5 Å². The molecule has 572 valence electrons. The van der Waals surface area contributed by atoms with Crippen LogP contribution in [-0.2, 0) is 6.42 Å². The van der Waals surface area contributed by atoms with E-state index in [1.807, 2.05) is 50.2 Å². The molecule has 12 rings (SSSR count). The van der Waals surface area contributed by atoms with Crippen molar-refractivity contribution in [3.05, 3.63) is 307 Å². The number of carbonyl (C=O) groups is 1. The van der Waals surface area contributed by atoms with Crippen molar-refractivity contribution in [1.29, 1.82) is 0 Å². The molecule has 0 radical (unpaired) electrons. The fourth-order valence-electron chi connectivity index (χ4n) is 11.0. The second-order valence-electron chi connectivity index (χ2n) is 32.0. The Labute approximate surface area is 647 Å². The van der Waals surface area contributed by atoms with Crippen molar-refractivity contribution in [3.8, 4) is 11.5 Å². The second kappa shape index (κ2) is 51.5. The lowest BCUT2D eigenvalue weighted by atomic mass is 9.78. The first kappa shape index (κ1) is 93.4. The minimum absolute atomic E-state index is 0.358. The average molecular weight is 1440 g/mol. The van der Waals surface area contributed by atoms with Crippen molar-refractivity contribution in [2.24, 2.45) is 29.6 Å². The summed E-state index contributed by atoms with van der Waals surface area (Å²) in [6, 6.07) is 74.8. The molecule has 2 saturated carbocycles. The highest BCUT2D eigenvalue weighted by atomic mass is 35.5. The Morgan fingerprint density at radius 2 is 0.743 bits per heavy atom. The van der Waals surface area contributed by atoms with Crippen molar-refractivity contribution in [1.82, 2.24) is 0 Å². The molecule has 0 bridgehead atoms. The number of benzene rings is 9. The lowest BCUT2D eigenvalue weighted by molar-refractivity contribution is 0.0696. The van der Waals surface area contributed by atoms with E-state index in [0.29, 0.717) is 53.8 Å². The average Bonchev–Trinajstić information content (AvgIpc) is 1.70. The number of carboxylic acids is 1. The molecule has 1 N–H and O–H groups in total. The van der Waals surface area contributed by atoms with Gasteiger partial charge >= 0.3 is 5.97 Å². The largest absolute Gasteiger partial charge is 0.478 e. The molecular formula is C100H141ClO4. The van der Waals surface area contributed by atoms with Gasteiger partial charge in [0.25, 0.3) is 0 Å². The van der Waals surface area contributed by atoms with Crippen LogP contribution in [0.3, 0.4) is 0 Å². The van der Waals surface area contributed by atoms with Crippen molar-refractivity contribution in [3.63, 3.8) is 0 Å². The number of aryl methyl sites for hydroxylation is 6. The zero-order valence-corrected chi connectivity index (χ0v) is 71.0. The van der Waals surface area contributed by atoms with E-state index < -0.39 is 5.97 Å². The molecule has 0 spiro atoms. The summed E-state index contributed by atoms with van der Waals surface area (Å²) in [6.45, 7) is 57.3. The van der Waals surface area contributed by atoms with Gasteiger partial charge in [-0.3, -0.25) is 0 Å². The first-order chi connectivity index (χ1) is 49.6. The Bertz CT molecular complexity index is 3590. The molecule has 105 heavy (non-hydrogen) atoms. The summed E-state index contributed by atoms with van der Waals surface area (Å²) in [6.07, 6.45) is 8.67. The Kier molecular flexibility index (Phi) is 45.9. The number of carboxylic acid groups (broad SMARTS) is 1. The number of hydrogen-bond acceptors (Lipinski definition) is 3. The van der Waals surface area contributed by atoms with Gasteiger partial charge in [0, 0.05) is 5.02 Å². The highest BCUT2D eigenvalue weighted by Crippen LogP contribution is 2.36. The summed E-state index contributed by atoms with van der Waals surface area (Å²) in [7, 11) is 0. The van der Waals surface area contributed by atoms with Crippen molar-refractivity contribution in [2.75, 3.05) is 6.79 Å². The molecule has 0 atom stereocenters. The maximum atomic E-state index is 10.6. The van der Waals surface area contributed by atoms with Gasteiger partial charge in [-0.25, -0.2) is 4.79 Å². The third kappa shape index (κ3) is 41.7. The molecule has 5 heteroatoms. The lowest BCUT2D eigenvalue weighted by Crippen LogP contribution is -2.16. The van der Waals surface area contributed by atoms with E-state index >= 15 is 0 Å². The van der Waals surface area contributed by atoms with Gasteiger partial charge in [0.1, 0.15) is 0 Å². The SMILES string of the molecule is CC(C)C1CC1.CC(C)C1CCC1.CC(C)Cc1ccccc1.CC(C)c1ccc2c(c1)OCO2.CC(C)c1cccc(C(=O)O)c1.CC(C)c1cccc(Cl)c1.Cc1ccc(C(C)C)cc1.Cc1ccc(C)cc1.Cc1cccc(C(C)C)c1.Cc1cccc(C(C)C)c1.Cc1ccccc1C(C)C. The van der Waals surface area contributed by atoms with Crippen LogP contribution in [0.2, 0.25) is 5.02 Å². The fraction of sp³-hybridized carbons (Fsp3) is 0.450. The Balaban J connectivity index is 0.000000394. The lowest BCUT2D eigenvalue weighted by Gasteiger charge is -2.28. The molecule has 0 aromatic heterocycles. The quantitative estimate of drug-likeness (QED) is 0.132. The van der Waals surface area contributed by atoms with Crippen LogP contribution < -0.4 is 9.47 Å². The number of halogens is 1. The van der Waals surface area contributed by atoms with E-state index in [2.05, 4.69) is 330 Å². The number of aromatic carboxylic acids is 1. The van der Waals surface area contributed by atoms with Crippen molar-refractivity contribution < 1.29 is 19.4 Å². The third-order valence-corrected chi connectivity index (χ3v) is 18.9. The van der Waals surface area contributed by atoms with Gasteiger partial charge in [-0.05, 0) is 218 Å².